The fourth-order valence-corrected chi connectivity index (χ4v) is 2.65. The van der Waals surface area contributed by atoms with E-state index >= 15 is 0 Å². The van der Waals surface area contributed by atoms with Crippen LogP contribution in [0.4, 0.5) is 5.69 Å². The lowest BCUT2D eigenvalue weighted by Crippen LogP contribution is -1.92. The predicted molar refractivity (Wildman–Crippen MR) is 74.3 cm³/mol. The number of benzene rings is 1. The molecule has 0 amide bonds. The molecule has 0 bridgehead atoms. The van der Waals surface area contributed by atoms with E-state index in [2.05, 4.69) is 24.0 Å². The van der Waals surface area contributed by atoms with Crippen molar-refractivity contribution in [2.45, 2.75) is 18.2 Å². The van der Waals surface area contributed by atoms with E-state index in [1.807, 2.05) is 24.4 Å². The molecule has 0 unspecified atom stereocenters. The number of nitrogens with two attached hydrogens (primary N) is 1. The number of thioether (sulfide) groups is 1. The third-order valence-corrected chi connectivity index (χ3v) is 3.61. The number of nitrogen functional groups attached to an aromatic ring is 1. The van der Waals surface area contributed by atoms with E-state index in [1.54, 1.807) is 18.0 Å². The van der Waals surface area contributed by atoms with Gasteiger partial charge in [-0.15, -0.1) is 11.8 Å². The molecule has 0 aliphatic heterocycles. The summed E-state index contributed by atoms with van der Waals surface area (Å²) in [6.07, 6.45) is 4.74. The first-order valence-corrected chi connectivity index (χ1v) is 6.62. The van der Waals surface area contributed by atoms with Crippen molar-refractivity contribution in [1.82, 2.24) is 4.98 Å². The minimum Gasteiger partial charge on any atom is -0.398 e. The van der Waals surface area contributed by atoms with Crippen molar-refractivity contribution in [2.24, 2.45) is 0 Å². The van der Waals surface area contributed by atoms with Gasteiger partial charge < -0.3 is 5.73 Å². The van der Waals surface area contributed by atoms with Gasteiger partial charge in [-0.2, -0.15) is 0 Å². The molecule has 0 saturated heterocycles. The van der Waals surface area contributed by atoms with Crippen LogP contribution in [-0.2, 0) is 6.42 Å². The third-order valence-electron chi connectivity index (χ3n) is 2.54. The number of aromatic nitrogens is 1. The average molecular weight is 244 g/mol. The molecule has 2 rings (SSSR count). The van der Waals surface area contributed by atoms with Crippen LogP contribution in [0.2, 0.25) is 0 Å². The van der Waals surface area contributed by atoms with Gasteiger partial charge in [-0.3, -0.25) is 4.98 Å². The summed E-state index contributed by atoms with van der Waals surface area (Å²) in [5, 5.41) is 0. The van der Waals surface area contributed by atoms with Gasteiger partial charge in [0.1, 0.15) is 0 Å². The molecule has 0 aliphatic rings. The Morgan fingerprint density at radius 2 is 2.18 bits per heavy atom. The first-order chi connectivity index (χ1) is 8.25. The van der Waals surface area contributed by atoms with Crippen molar-refractivity contribution in [3.8, 4) is 0 Å². The number of anilines is 1. The molecule has 0 radical (unpaired) electrons. The third kappa shape index (κ3) is 3.49. The summed E-state index contributed by atoms with van der Waals surface area (Å²) in [4.78, 5) is 5.28. The minimum atomic E-state index is 0.867. The second-order valence-electron chi connectivity index (χ2n) is 4.00. The zero-order valence-electron chi connectivity index (χ0n) is 9.89. The van der Waals surface area contributed by atoms with Crippen molar-refractivity contribution in [3.05, 3.63) is 53.9 Å². The Balaban J connectivity index is 1.92. The fraction of sp³-hybridized carbons (Fsp3) is 0.214. The molecule has 3 heteroatoms. The maximum absolute atomic E-state index is 5.94. The highest BCUT2D eigenvalue weighted by Crippen LogP contribution is 2.26. The molecule has 0 fully saturated rings. The number of hydrogen-bond donors (Lipinski definition) is 1. The van der Waals surface area contributed by atoms with E-state index in [1.165, 1.54) is 16.0 Å². The van der Waals surface area contributed by atoms with Crippen LogP contribution in [0, 0.1) is 6.92 Å². The molecular formula is C14H16N2S. The summed E-state index contributed by atoms with van der Waals surface area (Å²) in [7, 11) is 0. The molecule has 1 aromatic heterocycles. The lowest BCUT2D eigenvalue weighted by molar-refractivity contribution is 1.11. The van der Waals surface area contributed by atoms with Crippen LogP contribution in [0.3, 0.4) is 0 Å². The number of hydrogen-bond acceptors (Lipinski definition) is 3. The normalized spacial score (nSPS) is 10.4. The van der Waals surface area contributed by atoms with Gasteiger partial charge in [0.05, 0.1) is 0 Å². The maximum Gasteiger partial charge on any atom is 0.0452 e. The van der Waals surface area contributed by atoms with Gasteiger partial charge in [-0.25, -0.2) is 0 Å². The molecule has 0 aliphatic carbocycles. The highest BCUT2D eigenvalue weighted by Gasteiger charge is 2.00. The highest BCUT2D eigenvalue weighted by molar-refractivity contribution is 7.99. The van der Waals surface area contributed by atoms with Gasteiger partial charge in [0, 0.05) is 28.7 Å². The first kappa shape index (κ1) is 12.0. The Labute approximate surface area is 106 Å². The Bertz CT molecular complexity index is 483. The second kappa shape index (κ2) is 5.73. The monoisotopic (exact) mass is 244 g/mol. The lowest BCUT2D eigenvalue weighted by atomic mass is 10.2. The van der Waals surface area contributed by atoms with E-state index in [9.17, 15) is 0 Å². The quantitative estimate of drug-likeness (QED) is 0.662. The highest BCUT2D eigenvalue weighted by atomic mass is 32.2. The van der Waals surface area contributed by atoms with E-state index in [0.29, 0.717) is 0 Å². The molecule has 0 saturated carbocycles. The fourth-order valence-electron chi connectivity index (χ4n) is 1.59. The van der Waals surface area contributed by atoms with Gasteiger partial charge in [0.2, 0.25) is 0 Å². The van der Waals surface area contributed by atoms with Crippen LogP contribution >= 0.6 is 11.8 Å². The van der Waals surface area contributed by atoms with E-state index in [0.717, 1.165) is 17.9 Å². The van der Waals surface area contributed by atoms with Crippen LogP contribution in [0.15, 0.2) is 47.6 Å². The van der Waals surface area contributed by atoms with Crippen LogP contribution < -0.4 is 5.73 Å². The largest absolute Gasteiger partial charge is 0.398 e. The van der Waals surface area contributed by atoms with E-state index in [4.69, 9.17) is 5.73 Å². The molecule has 2 N–H and O–H groups in total. The second-order valence-corrected chi connectivity index (χ2v) is 5.14. The summed E-state index contributed by atoms with van der Waals surface area (Å²) in [6.45, 7) is 2.09. The smallest absolute Gasteiger partial charge is 0.0452 e. The van der Waals surface area contributed by atoms with Gasteiger partial charge >= 0.3 is 0 Å². The number of nitrogens with zero attached hydrogens (tertiary/aromatic N) is 1. The Kier molecular flexibility index (Phi) is 4.04. The SMILES string of the molecule is Cc1ccc(N)c(SCCc2cccnc2)c1. The zero-order chi connectivity index (χ0) is 12.1. The van der Waals surface area contributed by atoms with Crippen molar-refractivity contribution in [3.63, 3.8) is 0 Å². The standard InChI is InChI=1S/C14H16N2S/c1-11-4-5-13(15)14(9-11)17-8-6-12-3-2-7-16-10-12/h2-5,7,9-10H,6,8,15H2,1H3. The molecule has 0 spiro atoms. The van der Waals surface area contributed by atoms with Crippen LogP contribution in [0.25, 0.3) is 0 Å². The van der Waals surface area contributed by atoms with Crippen molar-refractivity contribution in [2.75, 3.05) is 11.5 Å². The first-order valence-electron chi connectivity index (χ1n) is 5.63. The molecule has 2 nitrogen and oxygen atoms in total. The van der Waals surface area contributed by atoms with Crippen LogP contribution in [0.5, 0.6) is 0 Å². The Morgan fingerprint density at radius 1 is 1.29 bits per heavy atom. The summed E-state index contributed by atoms with van der Waals surface area (Å²) in [5.41, 5.74) is 9.33. The summed E-state index contributed by atoms with van der Waals surface area (Å²) in [6, 6.07) is 10.2. The number of rotatable bonds is 4. The maximum atomic E-state index is 5.94. The summed E-state index contributed by atoms with van der Waals surface area (Å²) >= 11 is 1.80. The minimum absolute atomic E-state index is 0.867. The van der Waals surface area contributed by atoms with Crippen molar-refractivity contribution >= 4 is 17.4 Å². The molecular weight excluding hydrogens is 228 g/mol. The lowest BCUT2D eigenvalue weighted by Gasteiger charge is -2.06. The molecule has 0 atom stereocenters. The Hall–Kier alpha value is -1.48. The van der Waals surface area contributed by atoms with Crippen LogP contribution in [-0.4, -0.2) is 10.7 Å². The molecule has 1 heterocycles. The Morgan fingerprint density at radius 3 is 2.94 bits per heavy atom. The van der Waals surface area contributed by atoms with Crippen LogP contribution in [0.1, 0.15) is 11.1 Å². The molecule has 17 heavy (non-hydrogen) atoms. The number of pyridine rings is 1. The van der Waals surface area contributed by atoms with E-state index < -0.39 is 0 Å². The van der Waals surface area contributed by atoms with Gasteiger partial charge in [-0.1, -0.05) is 12.1 Å². The zero-order valence-corrected chi connectivity index (χ0v) is 10.7. The summed E-state index contributed by atoms with van der Waals surface area (Å²) < 4.78 is 0. The average Bonchev–Trinajstić information content (AvgIpc) is 2.35. The van der Waals surface area contributed by atoms with Crippen molar-refractivity contribution in [1.29, 1.82) is 0 Å². The summed E-state index contributed by atoms with van der Waals surface area (Å²) in [5.74, 6) is 1.03. The topological polar surface area (TPSA) is 38.9 Å². The number of aryl methyl sites for hydroxylation is 2. The van der Waals surface area contributed by atoms with Gasteiger partial charge in [-0.05, 0) is 42.7 Å². The molecule has 88 valence electrons. The van der Waals surface area contributed by atoms with E-state index in [-0.39, 0.29) is 0 Å². The van der Waals surface area contributed by atoms with Crippen molar-refractivity contribution < 1.29 is 0 Å². The van der Waals surface area contributed by atoms with Gasteiger partial charge in [0.15, 0.2) is 0 Å². The predicted octanol–water partition coefficient (Wildman–Crippen LogP) is 3.31. The molecule has 1 aromatic carbocycles. The van der Waals surface area contributed by atoms with Gasteiger partial charge in [0.25, 0.3) is 0 Å². The molecule has 2 aromatic rings.